The van der Waals surface area contributed by atoms with Crippen molar-refractivity contribution in [3.8, 4) is 0 Å². The zero-order chi connectivity index (χ0) is 16.2. The van der Waals surface area contributed by atoms with Crippen molar-refractivity contribution in [1.29, 1.82) is 0 Å². The van der Waals surface area contributed by atoms with E-state index in [9.17, 15) is 20.0 Å². The van der Waals surface area contributed by atoms with Gasteiger partial charge in [-0.2, -0.15) is 0 Å². The van der Waals surface area contributed by atoms with Crippen LogP contribution in [-0.2, 0) is 0 Å². The Balaban J connectivity index is 2.61. The fourth-order valence-electron chi connectivity index (χ4n) is 1.81. The lowest BCUT2D eigenvalue weighted by atomic mass is 9.95. The molecular weight excluding hydrogens is 292 g/mol. The summed E-state index contributed by atoms with van der Waals surface area (Å²) in [6.07, 6.45) is 1.46. The minimum absolute atomic E-state index is 0.0447. The molecule has 1 unspecified atom stereocenters. The zero-order valence-corrected chi connectivity index (χ0v) is 13.6. The summed E-state index contributed by atoms with van der Waals surface area (Å²) in [6, 6.07) is 1.28. The summed E-state index contributed by atoms with van der Waals surface area (Å²) in [5.74, 6) is 0.0933. The fourth-order valence-corrected chi connectivity index (χ4v) is 2.71. The van der Waals surface area contributed by atoms with E-state index in [1.807, 2.05) is 0 Å². The van der Waals surface area contributed by atoms with Crippen LogP contribution >= 0.6 is 11.3 Å². The SMILES string of the molecule is Cc1sc(C(=O)NCC(C)(O)CCC(C)C)cc1[N+](=O)[O-]. The first-order valence-electron chi connectivity index (χ1n) is 6.88. The van der Waals surface area contributed by atoms with Crippen LogP contribution in [-0.4, -0.2) is 28.1 Å². The molecule has 21 heavy (non-hydrogen) atoms. The van der Waals surface area contributed by atoms with E-state index in [-0.39, 0.29) is 18.1 Å². The summed E-state index contributed by atoms with van der Waals surface area (Å²) in [5, 5.41) is 23.6. The van der Waals surface area contributed by atoms with Crippen molar-refractivity contribution in [3.63, 3.8) is 0 Å². The summed E-state index contributed by atoms with van der Waals surface area (Å²) in [6.45, 7) is 7.56. The van der Waals surface area contributed by atoms with Gasteiger partial charge in [0.25, 0.3) is 11.6 Å². The Hall–Kier alpha value is -1.47. The molecule has 118 valence electrons. The topological polar surface area (TPSA) is 92.5 Å². The van der Waals surface area contributed by atoms with Crippen molar-refractivity contribution in [2.24, 2.45) is 5.92 Å². The van der Waals surface area contributed by atoms with Crippen LogP contribution in [0.1, 0.15) is 48.2 Å². The monoisotopic (exact) mass is 314 g/mol. The average Bonchev–Trinajstić information content (AvgIpc) is 2.76. The van der Waals surface area contributed by atoms with Gasteiger partial charge >= 0.3 is 0 Å². The van der Waals surface area contributed by atoms with Gasteiger partial charge in [-0.25, -0.2) is 0 Å². The van der Waals surface area contributed by atoms with Gasteiger partial charge < -0.3 is 10.4 Å². The lowest BCUT2D eigenvalue weighted by molar-refractivity contribution is -0.385. The van der Waals surface area contributed by atoms with Gasteiger partial charge in [0.2, 0.25) is 0 Å². The number of carbonyl (C=O) groups excluding carboxylic acids is 1. The van der Waals surface area contributed by atoms with Crippen molar-refractivity contribution in [2.45, 2.75) is 46.1 Å². The lowest BCUT2D eigenvalue weighted by Crippen LogP contribution is -2.40. The standard InChI is InChI=1S/C14H22N2O4S/c1-9(2)5-6-14(4,18)8-15-13(17)12-7-11(16(19)20)10(3)21-12/h7,9,18H,5-6,8H2,1-4H3,(H,15,17). The molecule has 1 heterocycles. The minimum atomic E-state index is -0.974. The van der Waals surface area contributed by atoms with Crippen LogP contribution in [0.25, 0.3) is 0 Å². The van der Waals surface area contributed by atoms with E-state index in [1.165, 1.54) is 6.07 Å². The molecule has 0 saturated carbocycles. The predicted octanol–water partition coefficient (Wildman–Crippen LogP) is 2.88. The second-order valence-corrected chi connectivity index (χ2v) is 7.18. The highest BCUT2D eigenvalue weighted by molar-refractivity contribution is 7.14. The molecule has 0 bridgehead atoms. The average molecular weight is 314 g/mol. The first-order chi connectivity index (χ1) is 9.62. The van der Waals surface area contributed by atoms with Crippen LogP contribution < -0.4 is 5.32 Å². The maximum Gasteiger partial charge on any atom is 0.283 e. The van der Waals surface area contributed by atoms with Crippen LogP contribution in [0, 0.1) is 23.0 Å². The van der Waals surface area contributed by atoms with Crippen molar-refractivity contribution in [3.05, 3.63) is 25.9 Å². The third-order valence-electron chi connectivity index (χ3n) is 3.20. The number of nitro groups is 1. The number of aliphatic hydroxyl groups is 1. The van der Waals surface area contributed by atoms with Gasteiger partial charge in [-0.05, 0) is 32.6 Å². The Morgan fingerprint density at radius 2 is 2.19 bits per heavy atom. The van der Waals surface area contributed by atoms with Crippen molar-refractivity contribution in [2.75, 3.05) is 6.54 Å². The number of nitrogens with zero attached hydrogens (tertiary/aromatic N) is 1. The second-order valence-electron chi connectivity index (χ2n) is 5.92. The molecule has 0 fully saturated rings. The number of hydrogen-bond donors (Lipinski definition) is 2. The smallest absolute Gasteiger partial charge is 0.283 e. The third-order valence-corrected chi connectivity index (χ3v) is 4.24. The van der Waals surface area contributed by atoms with E-state index in [0.29, 0.717) is 22.1 Å². The van der Waals surface area contributed by atoms with E-state index in [4.69, 9.17) is 0 Å². The molecular formula is C14H22N2O4S. The number of carbonyl (C=O) groups is 1. The molecule has 0 aliphatic rings. The normalized spacial score (nSPS) is 14.0. The van der Waals surface area contributed by atoms with Crippen LogP contribution in [0.2, 0.25) is 0 Å². The van der Waals surface area contributed by atoms with E-state index >= 15 is 0 Å². The summed E-state index contributed by atoms with van der Waals surface area (Å²) >= 11 is 1.08. The molecule has 2 N–H and O–H groups in total. The Labute approximate surface area is 128 Å². The molecule has 7 heteroatoms. The molecule has 0 aromatic carbocycles. The Morgan fingerprint density at radius 1 is 1.57 bits per heavy atom. The van der Waals surface area contributed by atoms with Crippen LogP contribution in [0.3, 0.4) is 0 Å². The highest BCUT2D eigenvalue weighted by Crippen LogP contribution is 2.28. The van der Waals surface area contributed by atoms with Crippen LogP contribution in [0.4, 0.5) is 5.69 Å². The quantitative estimate of drug-likeness (QED) is 0.598. The van der Waals surface area contributed by atoms with Gasteiger partial charge in [0.1, 0.15) is 0 Å². The number of thiophene rings is 1. The minimum Gasteiger partial charge on any atom is -0.388 e. The van der Waals surface area contributed by atoms with Crippen molar-refractivity contribution >= 4 is 22.9 Å². The Kier molecular flexibility index (Phi) is 5.86. The fraction of sp³-hybridized carbons (Fsp3) is 0.643. The Bertz CT molecular complexity index is 523. The van der Waals surface area contributed by atoms with Gasteiger partial charge in [-0.1, -0.05) is 13.8 Å². The van der Waals surface area contributed by atoms with Gasteiger partial charge in [-0.15, -0.1) is 11.3 Å². The molecule has 0 aliphatic carbocycles. The van der Waals surface area contributed by atoms with E-state index in [1.54, 1.807) is 13.8 Å². The van der Waals surface area contributed by atoms with Gasteiger partial charge in [0, 0.05) is 12.6 Å². The summed E-state index contributed by atoms with van der Waals surface area (Å²) in [4.78, 5) is 23.0. The number of rotatable bonds is 7. The second kappa shape index (κ2) is 7.00. The molecule has 0 radical (unpaired) electrons. The highest BCUT2D eigenvalue weighted by atomic mass is 32.1. The number of nitrogens with one attached hydrogen (secondary N) is 1. The molecule has 1 aromatic heterocycles. The molecule has 0 saturated heterocycles. The predicted molar refractivity (Wildman–Crippen MR) is 82.7 cm³/mol. The lowest BCUT2D eigenvalue weighted by Gasteiger charge is -2.24. The molecule has 1 rings (SSSR count). The van der Waals surface area contributed by atoms with Crippen molar-refractivity contribution in [1.82, 2.24) is 5.32 Å². The Morgan fingerprint density at radius 3 is 2.67 bits per heavy atom. The van der Waals surface area contributed by atoms with Gasteiger partial charge in [-0.3, -0.25) is 14.9 Å². The number of aryl methyl sites for hydroxylation is 1. The van der Waals surface area contributed by atoms with Gasteiger partial charge in [0.05, 0.1) is 20.3 Å². The summed E-state index contributed by atoms with van der Waals surface area (Å²) in [7, 11) is 0. The number of amides is 1. The van der Waals surface area contributed by atoms with Crippen LogP contribution in [0.15, 0.2) is 6.07 Å². The third kappa shape index (κ3) is 5.43. The number of hydrogen-bond acceptors (Lipinski definition) is 5. The summed E-state index contributed by atoms with van der Waals surface area (Å²) in [5.41, 5.74) is -1.02. The highest BCUT2D eigenvalue weighted by Gasteiger charge is 2.24. The zero-order valence-electron chi connectivity index (χ0n) is 12.8. The van der Waals surface area contributed by atoms with E-state index in [2.05, 4.69) is 19.2 Å². The molecule has 1 aromatic rings. The molecule has 6 nitrogen and oxygen atoms in total. The molecule has 0 spiro atoms. The maximum atomic E-state index is 12.0. The van der Waals surface area contributed by atoms with Crippen molar-refractivity contribution < 1.29 is 14.8 Å². The maximum absolute atomic E-state index is 12.0. The van der Waals surface area contributed by atoms with Gasteiger partial charge in [0.15, 0.2) is 0 Å². The molecule has 1 atom stereocenters. The molecule has 1 amide bonds. The first-order valence-corrected chi connectivity index (χ1v) is 7.69. The summed E-state index contributed by atoms with van der Waals surface area (Å²) < 4.78 is 0. The van der Waals surface area contributed by atoms with E-state index < -0.39 is 10.5 Å². The first kappa shape index (κ1) is 17.6. The van der Waals surface area contributed by atoms with Crippen LogP contribution in [0.5, 0.6) is 0 Å². The largest absolute Gasteiger partial charge is 0.388 e. The molecule has 0 aliphatic heterocycles. The van der Waals surface area contributed by atoms with E-state index in [0.717, 1.165) is 17.8 Å².